The number of hydrogen-bond acceptors (Lipinski definition) is 4. The molecule has 0 unspecified atom stereocenters. The van der Waals surface area contributed by atoms with Crippen molar-refractivity contribution in [2.45, 2.75) is 32.2 Å². The van der Waals surface area contributed by atoms with Gasteiger partial charge in [-0.05, 0) is 32.3 Å². The van der Waals surface area contributed by atoms with Gasteiger partial charge in [0, 0.05) is 10.9 Å². The first kappa shape index (κ1) is 15.9. The van der Waals surface area contributed by atoms with Crippen LogP contribution in [0, 0.1) is 13.8 Å². The number of carbonyl (C=O) groups is 1. The first-order valence-electron chi connectivity index (χ1n) is 6.61. The van der Waals surface area contributed by atoms with Crippen LogP contribution in [0.1, 0.15) is 24.0 Å². The SMILES string of the molecule is Cc1ccc(-c2csc(NC(=O)C3(N)CC3)n2)c(C)c1.Cl. The number of anilines is 1. The number of hydrogen-bond donors (Lipinski definition) is 2. The number of carbonyl (C=O) groups excluding carboxylic acids is 1. The maximum atomic E-state index is 11.9. The van der Waals surface area contributed by atoms with Gasteiger partial charge < -0.3 is 11.1 Å². The molecule has 3 N–H and O–H groups in total. The van der Waals surface area contributed by atoms with E-state index in [1.165, 1.54) is 22.5 Å². The molecule has 1 aromatic heterocycles. The molecule has 1 amide bonds. The zero-order chi connectivity index (χ0) is 14.3. The molecule has 0 bridgehead atoms. The van der Waals surface area contributed by atoms with Crippen LogP contribution >= 0.6 is 23.7 Å². The van der Waals surface area contributed by atoms with Crippen LogP contribution in [0.5, 0.6) is 0 Å². The van der Waals surface area contributed by atoms with E-state index in [4.69, 9.17) is 5.73 Å². The van der Waals surface area contributed by atoms with Gasteiger partial charge in [0.1, 0.15) is 0 Å². The molecule has 21 heavy (non-hydrogen) atoms. The van der Waals surface area contributed by atoms with Crippen molar-refractivity contribution in [3.05, 3.63) is 34.7 Å². The highest BCUT2D eigenvalue weighted by atomic mass is 35.5. The summed E-state index contributed by atoms with van der Waals surface area (Å²) >= 11 is 1.43. The van der Waals surface area contributed by atoms with Crippen molar-refractivity contribution in [1.29, 1.82) is 0 Å². The summed E-state index contributed by atoms with van der Waals surface area (Å²) in [6, 6.07) is 6.27. The van der Waals surface area contributed by atoms with Gasteiger partial charge in [-0.2, -0.15) is 0 Å². The second-order valence-electron chi connectivity index (χ2n) is 5.47. The molecule has 0 spiro atoms. The molecule has 0 atom stereocenters. The highest BCUT2D eigenvalue weighted by molar-refractivity contribution is 7.14. The first-order chi connectivity index (χ1) is 9.48. The highest BCUT2D eigenvalue weighted by Gasteiger charge is 2.46. The molecule has 1 heterocycles. The summed E-state index contributed by atoms with van der Waals surface area (Å²) in [6.07, 6.45) is 1.52. The molecule has 0 saturated heterocycles. The summed E-state index contributed by atoms with van der Waals surface area (Å²) in [5.74, 6) is -0.126. The second kappa shape index (κ2) is 5.75. The van der Waals surface area contributed by atoms with Crippen LogP contribution < -0.4 is 11.1 Å². The predicted molar refractivity (Wildman–Crippen MR) is 89.1 cm³/mol. The summed E-state index contributed by atoms with van der Waals surface area (Å²) < 4.78 is 0. The average Bonchev–Trinajstić information content (AvgIpc) is 2.98. The largest absolute Gasteiger partial charge is 0.317 e. The average molecular weight is 324 g/mol. The number of nitrogens with two attached hydrogens (primary N) is 1. The topological polar surface area (TPSA) is 68.0 Å². The van der Waals surface area contributed by atoms with Gasteiger partial charge >= 0.3 is 0 Å². The number of nitrogens with one attached hydrogen (secondary N) is 1. The van der Waals surface area contributed by atoms with Gasteiger partial charge in [-0.3, -0.25) is 4.79 Å². The van der Waals surface area contributed by atoms with Crippen molar-refractivity contribution in [1.82, 2.24) is 4.98 Å². The van der Waals surface area contributed by atoms with E-state index < -0.39 is 5.54 Å². The monoisotopic (exact) mass is 323 g/mol. The third-order valence-corrected chi connectivity index (χ3v) is 4.38. The summed E-state index contributed by atoms with van der Waals surface area (Å²) in [7, 11) is 0. The lowest BCUT2D eigenvalue weighted by molar-refractivity contribution is -0.118. The Morgan fingerprint density at radius 3 is 2.71 bits per heavy atom. The number of halogens is 1. The molecule has 1 aliphatic rings. The van der Waals surface area contributed by atoms with Crippen molar-refractivity contribution in [3.63, 3.8) is 0 Å². The Labute approximate surface area is 134 Å². The maximum absolute atomic E-state index is 11.9. The van der Waals surface area contributed by atoms with Crippen molar-refractivity contribution in [3.8, 4) is 11.3 Å². The Kier molecular flexibility index (Phi) is 4.37. The minimum absolute atomic E-state index is 0. The summed E-state index contributed by atoms with van der Waals surface area (Å²) in [4.78, 5) is 16.4. The fourth-order valence-corrected chi connectivity index (χ4v) is 2.84. The van der Waals surface area contributed by atoms with Gasteiger partial charge in [-0.15, -0.1) is 23.7 Å². The van der Waals surface area contributed by atoms with Gasteiger partial charge in [0.05, 0.1) is 11.2 Å². The molecule has 1 fully saturated rings. The zero-order valence-electron chi connectivity index (χ0n) is 12.0. The zero-order valence-corrected chi connectivity index (χ0v) is 13.6. The molecule has 1 aliphatic carbocycles. The van der Waals surface area contributed by atoms with Crippen LogP contribution in [-0.4, -0.2) is 16.4 Å². The normalized spacial score (nSPS) is 15.2. The van der Waals surface area contributed by atoms with Crippen molar-refractivity contribution in [2.24, 2.45) is 5.73 Å². The van der Waals surface area contributed by atoms with Gasteiger partial charge in [-0.25, -0.2) is 4.98 Å². The Morgan fingerprint density at radius 1 is 1.38 bits per heavy atom. The molecule has 0 aliphatic heterocycles. The van der Waals surface area contributed by atoms with E-state index in [1.807, 2.05) is 5.38 Å². The molecular formula is C15H18ClN3OS. The second-order valence-corrected chi connectivity index (χ2v) is 6.32. The number of nitrogens with zero attached hydrogens (tertiary/aromatic N) is 1. The smallest absolute Gasteiger partial charge is 0.246 e. The predicted octanol–water partition coefficient (Wildman–Crippen LogP) is 3.28. The molecule has 1 saturated carbocycles. The fraction of sp³-hybridized carbons (Fsp3) is 0.333. The minimum atomic E-state index is -0.661. The lowest BCUT2D eigenvalue weighted by Crippen LogP contribution is -2.37. The van der Waals surface area contributed by atoms with Crippen LogP contribution in [0.15, 0.2) is 23.6 Å². The Morgan fingerprint density at radius 2 is 2.10 bits per heavy atom. The quantitative estimate of drug-likeness (QED) is 0.910. The maximum Gasteiger partial charge on any atom is 0.246 e. The lowest BCUT2D eigenvalue weighted by Gasteiger charge is -2.07. The van der Waals surface area contributed by atoms with Gasteiger partial charge in [0.25, 0.3) is 0 Å². The fourth-order valence-electron chi connectivity index (χ4n) is 2.14. The van der Waals surface area contributed by atoms with E-state index in [2.05, 4.69) is 42.3 Å². The minimum Gasteiger partial charge on any atom is -0.317 e. The third kappa shape index (κ3) is 3.26. The van der Waals surface area contributed by atoms with Crippen molar-refractivity contribution in [2.75, 3.05) is 5.32 Å². The van der Waals surface area contributed by atoms with Gasteiger partial charge in [-0.1, -0.05) is 23.8 Å². The number of amides is 1. The first-order valence-corrected chi connectivity index (χ1v) is 7.49. The summed E-state index contributed by atoms with van der Waals surface area (Å²) in [5, 5.41) is 5.38. The van der Waals surface area contributed by atoms with E-state index >= 15 is 0 Å². The van der Waals surface area contributed by atoms with Crippen LogP contribution in [0.25, 0.3) is 11.3 Å². The summed E-state index contributed by atoms with van der Waals surface area (Å²) in [5.41, 5.74) is 9.61. The number of aromatic nitrogens is 1. The van der Waals surface area contributed by atoms with Crippen molar-refractivity contribution < 1.29 is 4.79 Å². The molecule has 4 nitrogen and oxygen atoms in total. The standard InChI is InChI=1S/C15H17N3OS.ClH/c1-9-3-4-11(10(2)7-9)12-8-20-14(17-12)18-13(19)15(16)5-6-15;/h3-4,7-8H,5-6,16H2,1-2H3,(H,17,18,19);1H. The van der Waals surface area contributed by atoms with E-state index in [0.29, 0.717) is 5.13 Å². The number of aryl methyl sites for hydroxylation is 2. The van der Waals surface area contributed by atoms with Crippen LogP contribution in [0.2, 0.25) is 0 Å². The van der Waals surface area contributed by atoms with Crippen LogP contribution in [-0.2, 0) is 4.79 Å². The third-order valence-electron chi connectivity index (χ3n) is 3.62. The lowest BCUT2D eigenvalue weighted by atomic mass is 10.0. The van der Waals surface area contributed by atoms with Crippen LogP contribution in [0.4, 0.5) is 5.13 Å². The molecule has 3 rings (SSSR count). The molecular weight excluding hydrogens is 306 g/mol. The number of rotatable bonds is 3. The number of thiazole rings is 1. The molecule has 2 aromatic rings. The Bertz CT molecular complexity index is 679. The number of benzene rings is 1. The summed E-state index contributed by atoms with van der Waals surface area (Å²) in [6.45, 7) is 4.14. The molecule has 1 aromatic carbocycles. The van der Waals surface area contributed by atoms with Gasteiger partial charge in [0.15, 0.2) is 5.13 Å². The molecule has 112 valence electrons. The highest BCUT2D eigenvalue weighted by Crippen LogP contribution is 2.34. The van der Waals surface area contributed by atoms with Gasteiger partial charge in [0.2, 0.25) is 5.91 Å². The van der Waals surface area contributed by atoms with Crippen LogP contribution in [0.3, 0.4) is 0 Å². The Hall–Kier alpha value is -1.43. The molecule has 0 radical (unpaired) electrons. The van der Waals surface area contributed by atoms with Crippen molar-refractivity contribution >= 4 is 34.8 Å². The van der Waals surface area contributed by atoms with E-state index in [-0.39, 0.29) is 18.3 Å². The Balaban J connectivity index is 0.00000161. The van der Waals surface area contributed by atoms with E-state index in [0.717, 1.165) is 24.1 Å². The van der Waals surface area contributed by atoms with E-state index in [1.54, 1.807) is 0 Å². The molecule has 6 heteroatoms. The van der Waals surface area contributed by atoms with E-state index in [9.17, 15) is 4.79 Å².